The molecule has 0 aliphatic heterocycles. The lowest BCUT2D eigenvalue weighted by Crippen LogP contribution is -2.28. The van der Waals surface area contributed by atoms with Crippen LogP contribution in [0.5, 0.6) is 0 Å². The number of thioether (sulfide) groups is 1. The molecule has 0 aromatic heterocycles. The summed E-state index contributed by atoms with van der Waals surface area (Å²) < 4.78 is 4.73. The first kappa shape index (κ1) is 14.4. The maximum absolute atomic E-state index is 11.3. The first-order valence-corrected chi connectivity index (χ1v) is 7.74. The van der Waals surface area contributed by atoms with E-state index in [1.807, 2.05) is 7.05 Å². The van der Waals surface area contributed by atoms with E-state index >= 15 is 0 Å². The molecule has 1 aliphatic rings. The quantitative estimate of drug-likeness (QED) is 0.679. The first-order valence-electron chi connectivity index (χ1n) is 6.69. The molecule has 0 fully saturated rings. The molecule has 2 atom stereocenters. The Labute approximate surface area is 119 Å². The van der Waals surface area contributed by atoms with Crippen LogP contribution in [0.4, 0.5) is 0 Å². The van der Waals surface area contributed by atoms with Gasteiger partial charge in [0.15, 0.2) is 0 Å². The molecule has 0 saturated heterocycles. The highest BCUT2D eigenvalue weighted by atomic mass is 32.2. The Morgan fingerprint density at radius 3 is 3.00 bits per heavy atom. The SMILES string of the molecule is CNC1c2ccccc2CCCC1SCC(=O)OC. The third kappa shape index (κ3) is 3.51. The highest BCUT2D eigenvalue weighted by molar-refractivity contribution is 8.00. The summed E-state index contributed by atoms with van der Waals surface area (Å²) in [7, 11) is 3.44. The Morgan fingerprint density at radius 2 is 2.26 bits per heavy atom. The summed E-state index contributed by atoms with van der Waals surface area (Å²) in [5.41, 5.74) is 2.81. The van der Waals surface area contributed by atoms with Gasteiger partial charge in [-0.1, -0.05) is 24.3 Å². The molecule has 2 unspecified atom stereocenters. The largest absolute Gasteiger partial charge is 0.468 e. The van der Waals surface area contributed by atoms with Crippen molar-refractivity contribution in [3.05, 3.63) is 35.4 Å². The third-order valence-electron chi connectivity index (χ3n) is 3.65. The summed E-state index contributed by atoms with van der Waals surface area (Å²) in [4.78, 5) is 11.3. The van der Waals surface area contributed by atoms with Crippen LogP contribution in [-0.4, -0.2) is 31.1 Å². The number of benzene rings is 1. The molecule has 0 bridgehead atoms. The Bertz CT molecular complexity index is 436. The summed E-state index contributed by atoms with van der Waals surface area (Å²) in [6.07, 6.45) is 3.43. The van der Waals surface area contributed by atoms with Gasteiger partial charge in [0.25, 0.3) is 0 Å². The average molecular weight is 279 g/mol. The predicted octanol–water partition coefficient (Wildman–Crippen LogP) is 2.56. The summed E-state index contributed by atoms with van der Waals surface area (Å²) in [6.45, 7) is 0. The minimum Gasteiger partial charge on any atom is -0.468 e. The van der Waals surface area contributed by atoms with Crippen molar-refractivity contribution in [2.45, 2.75) is 30.6 Å². The fourth-order valence-corrected chi connectivity index (χ4v) is 3.96. The fourth-order valence-electron chi connectivity index (χ4n) is 2.68. The molecule has 1 N–H and O–H groups in total. The van der Waals surface area contributed by atoms with Gasteiger partial charge in [-0.3, -0.25) is 4.79 Å². The maximum Gasteiger partial charge on any atom is 0.315 e. The smallest absolute Gasteiger partial charge is 0.315 e. The number of ether oxygens (including phenoxy) is 1. The van der Waals surface area contributed by atoms with E-state index in [4.69, 9.17) is 4.74 Å². The van der Waals surface area contributed by atoms with Gasteiger partial charge in [-0.25, -0.2) is 0 Å². The average Bonchev–Trinajstić information content (AvgIpc) is 2.63. The van der Waals surface area contributed by atoms with E-state index in [-0.39, 0.29) is 5.97 Å². The van der Waals surface area contributed by atoms with Crippen molar-refractivity contribution in [1.29, 1.82) is 0 Å². The molecule has 0 saturated carbocycles. The Morgan fingerprint density at radius 1 is 1.47 bits per heavy atom. The second kappa shape index (κ2) is 6.96. The molecular weight excluding hydrogens is 258 g/mol. The number of aryl methyl sites for hydroxylation is 1. The summed E-state index contributed by atoms with van der Waals surface area (Å²) in [6, 6.07) is 8.93. The van der Waals surface area contributed by atoms with E-state index in [1.165, 1.54) is 24.7 Å². The highest BCUT2D eigenvalue weighted by Crippen LogP contribution is 2.35. The molecule has 3 nitrogen and oxygen atoms in total. The number of carbonyl (C=O) groups excluding carboxylic acids is 1. The van der Waals surface area contributed by atoms with Crippen molar-refractivity contribution in [3.63, 3.8) is 0 Å². The molecule has 104 valence electrons. The van der Waals surface area contributed by atoms with Gasteiger partial charge in [-0.05, 0) is 37.4 Å². The molecule has 0 spiro atoms. The highest BCUT2D eigenvalue weighted by Gasteiger charge is 2.27. The van der Waals surface area contributed by atoms with Gasteiger partial charge in [0.2, 0.25) is 0 Å². The van der Waals surface area contributed by atoms with Crippen LogP contribution in [0.25, 0.3) is 0 Å². The van der Waals surface area contributed by atoms with Crippen LogP contribution in [0.2, 0.25) is 0 Å². The number of hydrogen-bond acceptors (Lipinski definition) is 4. The van der Waals surface area contributed by atoms with Crippen molar-refractivity contribution in [2.24, 2.45) is 0 Å². The number of nitrogens with one attached hydrogen (secondary N) is 1. The molecule has 1 aromatic rings. The molecule has 19 heavy (non-hydrogen) atoms. The van der Waals surface area contributed by atoms with E-state index in [1.54, 1.807) is 11.8 Å². The van der Waals surface area contributed by atoms with E-state index in [0.29, 0.717) is 17.0 Å². The van der Waals surface area contributed by atoms with Crippen LogP contribution < -0.4 is 5.32 Å². The zero-order chi connectivity index (χ0) is 13.7. The van der Waals surface area contributed by atoms with Crippen LogP contribution in [0.1, 0.15) is 30.0 Å². The number of fused-ring (bicyclic) bond motifs is 1. The molecule has 1 aliphatic carbocycles. The second-order valence-corrected chi connectivity index (χ2v) is 6.01. The molecular formula is C15H21NO2S. The Hall–Kier alpha value is -1.00. The number of hydrogen-bond donors (Lipinski definition) is 1. The van der Waals surface area contributed by atoms with Gasteiger partial charge in [0.1, 0.15) is 0 Å². The van der Waals surface area contributed by atoms with Crippen molar-refractivity contribution in [2.75, 3.05) is 19.9 Å². The van der Waals surface area contributed by atoms with Gasteiger partial charge in [0.05, 0.1) is 12.9 Å². The Kier molecular flexibility index (Phi) is 5.28. The van der Waals surface area contributed by atoms with Crippen molar-refractivity contribution in [3.8, 4) is 0 Å². The summed E-state index contributed by atoms with van der Waals surface area (Å²) in [5, 5.41) is 3.84. The number of carbonyl (C=O) groups is 1. The van der Waals surface area contributed by atoms with Crippen LogP contribution in [-0.2, 0) is 16.0 Å². The zero-order valence-electron chi connectivity index (χ0n) is 11.5. The van der Waals surface area contributed by atoms with Gasteiger partial charge in [-0.15, -0.1) is 11.8 Å². The van der Waals surface area contributed by atoms with E-state index in [0.717, 1.165) is 12.8 Å². The van der Waals surface area contributed by atoms with Gasteiger partial charge < -0.3 is 10.1 Å². The zero-order valence-corrected chi connectivity index (χ0v) is 12.3. The summed E-state index contributed by atoms with van der Waals surface area (Å²) >= 11 is 1.70. The lowest BCUT2D eigenvalue weighted by molar-refractivity contribution is -0.137. The van der Waals surface area contributed by atoms with Crippen LogP contribution >= 0.6 is 11.8 Å². The molecule has 2 rings (SSSR count). The molecule has 0 radical (unpaired) electrons. The number of esters is 1. The first-order chi connectivity index (χ1) is 9.26. The van der Waals surface area contributed by atoms with E-state index in [9.17, 15) is 4.79 Å². The van der Waals surface area contributed by atoms with Crippen molar-refractivity contribution < 1.29 is 9.53 Å². The second-order valence-electron chi connectivity index (χ2n) is 4.78. The predicted molar refractivity (Wildman–Crippen MR) is 79.4 cm³/mol. The Balaban J connectivity index is 2.14. The van der Waals surface area contributed by atoms with Crippen molar-refractivity contribution >= 4 is 17.7 Å². The van der Waals surface area contributed by atoms with Crippen LogP contribution in [0.3, 0.4) is 0 Å². The molecule has 0 heterocycles. The number of rotatable bonds is 4. The molecule has 1 aromatic carbocycles. The normalized spacial score (nSPS) is 22.4. The van der Waals surface area contributed by atoms with E-state index < -0.39 is 0 Å². The minimum absolute atomic E-state index is 0.141. The standard InChI is InChI=1S/C15H21NO2S/c1-16-15-12-8-4-3-6-11(12)7-5-9-13(15)19-10-14(17)18-2/h3-4,6,8,13,15-16H,5,7,9-10H2,1-2H3. The minimum atomic E-state index is -0.141. The van der Waals surface area contributed by atoms with Crippen molar-refractivity contribution in [1.82, 2.24) is 5.32 Å². The summed E-state index contributed by atoms with van der Waals surface area (Å²) in [5.74, 6) is 0.291. The van der Waals surface area contributed by atoms with Gasteiger partial charge in [-0.2, -0.15) is 0 Å². The van der Waals surface area contributed by atoms with E-state index in [2.05, 4.69) is 29.6 Å². The number of methoxy groups -OCH3 is 1. The lowest BCUT2D eigenvalue weighted by atomic mass is 9.99. The molecule has 0 amide bonds. The maximum atomic E-state index is 11.3. The van der Waals surface area contributed by atoms with Gasteiger partial charge in [0, 0.05) is 11.3 Å². The topological polar surface area (TPSA) is 38.3 Å². The third-order valence-corrected chi connectivity index (χ3v) is 4.99. The monoisotopic (exact) mass is 279 g/mol. The fraction of sp³-hybridized carbons (Fsp3) is 0.533. The van der Waals surface area contributed by atoms with Crippen LogP contribution in [0, 0.1) is 0 Å². The lowest BCUT2D eigenvalue weighted by Gasteiger charge is -2.25. The molecule has 4 heteroatoms. The van der Waals surface area contributed by atoms with Crippen LogP contribution in [0.15, 0.2) is 24.3 Å². The van der Waals surface area contributed by atoms with Gasteiger partial charge >= 0.3 is 5.97 Å².